The Labute approximate surface area is 165 Å². The van der Waals surface area contributed by atoms with E-state index >= 15 is 0 Å². The molecule has 0 radical (unpaired) electrons. The number of nitrogens with one attached hydrogen (secondary N) is 3. The Morgan fingerprint density at radius 2 is 1.63 bits per heavy atom. The summed E-state index contributed by atoms with van der Waals surface area (Å²) < 4.78 is 26.7. The maximum Gasteiger partial charge on any atom is 0.254 e. The molecule has 2 amide bonds. The molecule has 0 heterocycles. The van der Waals surface area contributed by atoms with Crippen LogP contribution in [0.4, 0.5) is 0 Å². The molecule has 1 aromatic carbocycles. The molecule has 0 atom stereocenters. The Morgan fingerprint density at radius 3 is 2.26 bits per heavy atom. The van der Waals surface area contributed by atoms with Gasteiger partial charge in [0, 0.05) is 10.9 Å². The maximum absolute atomic E-state index is 12.1. The van der Waals surface area contributed by atoms with Crippen molar-refractivity contribution in [2.45, 2.75) is 50.5 Å². The van der Waals surface area contributed by atoms with Crippen molar-refractivity contribution in [1.29, 1.82) is 0 Å². The number of hydrogen-bond donors (Lipinski definition) is 3. The highest BCUT2D eigenvalue weighted by Crippen LogP contribution is 2.23. The Morgan fingerprint density at radius 1 is 1.04 bits per heavy atom. The maximum atomic E-state index is 12.1. The van der Waals surface area contributed by atoms with E-state index in [9.17, 15) is 18.0 Å². The fraction of sp³-hybridized carbons (Fsp3) is 0.556. The zero-order valence-electron chi connectivity index (χ0n) is 15.7. The van der Waals surface area contributed by atoms with Gasteiger partial charge in [-0.25, -0.2) is 13.1 Å². The van der Waals surface area contributed by atoms with Crippen LogP contribution in [0.5, 0.6) is 0 Å². The molecule has 0 aromatic heterocycles. The number of aryl methyl sites for hydroxylation is 1. The number of carbonyl (C=O) groups excluding carboxylic acids is 2. The Kier molecular flexibility index (Phi) is 8.12. The van der Waals surface area contributed by atoms with E-state index in [2.05, 4.69) is 22.5 Å². The summed E-state index contributed by atoms with van der Waals surface area (Å²) in [4.78, 5) is 24.5. The number of thioether (sulfide) groups is 1. The molecule has 3 N–H and O–H groups in total. The van der Waals surface area contributed by atoms with Crippen LogP contribution in [0.2, 0.25) is 0 Å². The first-order valence-corrected chi connectivity index (χ1v) is 11.6. The van der Waals surface area contributed by atoms with Gasteiger partial charge in [-0.15, -0.1) is 11.8 Å². The van der Waals surface area contributed by atoms with Crippen molar-refractivity contribution in [3.8, 4) is 0 Å². The van der Waals surface area contributed by atoms with Crippen LogP contribution in [-0.2, 0) is 19.6 Å². The lowest BCUT2D eigenvalue weighted by atomic mass is 9.88. The van der Waals surface area contributed by atoms with Gasteiger partial charge in [-0.05, 0) is 50.7 Å². The summed E-state index contributed by atoms with van der Waals surface area (Å²) in [5.41, 5.74) is 5.53. The molecule has 0 unspecified atom stereocenters. The molecule has 7 nitrogen and oxygen atoms in total. The van der Waals surface area contributed by atoms with Crippen molar-refractivity contribution in [2.75, 3.05) is 11.5 Å². The first kappa shape index (κ1) is 21.7. The van der Waals surface area contributed by atoms with E-state index < -0.39 is 27.6 Å². The van der Waals surface area contributed by atoms with E-state index in [1.54, 1.807) is 0 Å². The number of hydrazine groups is 1. The summed E-state index contributed by atoms with van der Waals surface area (Å²) in [6, 6.07) is 7.62. The summed E-state index contributed by atoms with van der Waals surface area (Å²) in [5.74, 6) is -1.14. The molecule has 0 aliphatic heterocycles. The van der Waals surface area contributed by atoms with E-state index in [-0.39, 0.29) is 11.8 Å². The normalized spacial score (nSPS) is 20.1. The second-order valence-corrected chi connectivity index (χ2v) is 9.83. The Bertz CT molecular complexity index is 742. The second-order valence-electron chi connectivity index (χ2n) is 7.03. The van der Waals surface area contributed by atoms with Crippen LogP contribution in [0, 0.1) is 12.8 Å². The van der Waals surface area contributed by atoms with E-state index in [0.29, 0.717) is 5.92 Å². The van der Waals surface area contributed by atoms with Gasteiger partial charge in [-0.2, -0.15) is 0 Å². The first-order chi connectivity index (χ1) is 12.7. The third-order valence-corrected chi connectivity index (χ3v) is 6.76. The number of carbonyl (C=O) groups is 2. The van der Waals surface area contributed by atoms with E-state index in [4.69, 9.17) is 0 Å². The summed E-state index contributed by atoms with van der Waals surface area (Å²) in [7, 11) is -3.72. The number of amides is 2. The van der Waals surface area contributed by atoms with Crippen molar-refractivity contribution < 1.29 is 18.0 Å². The summed E-state index contributed by atoms with van der Waals surface area (Å²) in [5, 5.41) is 0. The van der Waals surface area contributed by atoms with Gasteiger partial charge in [-0.1, -0.05) is 24.6 Å². The van der Waals surface area contributed by atoms with E-state index in [1.165, 1.54) is 11.8 Å². The molecule has 1 aromatic rings. The lowest BCUT2D eigenvalue weighted by Crippen LogP contribution is -2.47. The molecule has 0 saturated heterocycles. The molecule has 9 heteroatoms. The minimum atomic E-state index is -3.72. The molecular formula is C18H27N3O4S2. The van der Waals surface area contributed by atoms with Crippen molar-refractivity contribution in [3.63, 3.8) is 0 Å². The van der Waals surface area contributed by atoms with Crippen LogP contribution in [0.25, 0.3) is 0 Å². The summed E-state index contributed by atoms with van der Waals surface area (Å²) in [6.45, 7) is 4.13. The second kappa shape index (κ2) is 10.1. The van der Waals surface area contributed by atoms with Crippen LogP contribution >= 0.6 is 11.8 Å². The standard InChI is InChI=1S/C18H27N3O4S2/c1-13-3-7-15(8-4-13)21-27(24,25)12-18(23)20-19-17(22)11-26-16-9-5-14(2)6-10-16/h5-6,9-10,13,15,21H,3-4,7-8,11-12H2,1-2H3,(H,19,22)(H,20,23). The fourth-order valence-electron chi connectivity index (χ4n) is 2.84. The minimum Gasteiger partial charge on any atom is -0.272 e. The largest absolute Gasteiger partial charge is 0.272 e. The summed E-state index contributed by atoms with van der Waals surface area (Å²) >= 11 is 1.33. The average molecular weight is 414 g/mol. The predicted octanol–water partition coefficient (Wildman–Crippen LogP) is 1.73. The molecule has 1 aliphatic rings. The zero-order valence-corrected chi connectivity index (χ0v) is 17.3. The Hall–Kier alpha value is -1.58. The van der Waals surface area contributed by atoms with Gasteiger partial charge in [0.15, 0.2) is 0 Å². The molecule has 1 saturated carbocycles. The van der Waals surface area contributed by atoms with E-state index in [1.807, 2.05) is 31.2 Å². The third kappa shape index (κ3) is 8.32. The lowest BCUT2D eigenvalue weighted by molar-refractivity contribution is -0.126. The molecule has 27 heavy (non-hydrogen) atoms. The van der Waals surface area contributed by atoms with Crippen molar-refractivity contribution >= 4 is 33.6 Å². The molecule has 1 aliphatic carbocycles. The van der Waals surface area contributed by atoms with Gasteiger partial charge < -0.3 is 0 Å². The quantitative estimate of drug-likeness (QED) is 0.466. The van der Waals surface area contributed by atoms with Gasteiger partial charge in [0.25, 0.3) is 5.91 Å². The SMILES string of the molecule is Cc1ccc(SCC(=O)NNC(=O)CS(=O)(=O)NC2CCC(C)CC2)cc1. The highest BCUT2D eigenvalue weighted by atomic mass is 32.2. The molecular weight excluding hydrogens is 386 g/mol. The number of hydrogen-bond acceptors (Lipinski definition) is 5. The highest BCUT2D eigenvalue weighted by molar-refractivity contribution is 8.00. The van der Waals surface area contributed by atoms with Crippen LogP contribution in [0.3, 0.4) is 0 Å². The van der Waals surface area contributed by atoms with Gasteiger partial charge >= 0.3 is 0 Å². The molecule has 0 spiro atoms. The van der Waals surface area contributed by atoms with Gasteiger partial charge in [0.05, 0.1) is 5.75 Å². The number of sulfonamides is 1. The molecule has 150 valence electrons. The molecule has 2 rings (SSSR count). The van der Waals surface area contributed by atoms with E-state index in [0.717, 1.165) is 36.1 Å². The highest BCUT2D eigenvalue weighted by Gasteiger charge is 2.24. The fourth-order valence-corrected chi connectivity index (χ4v) is 4.78. The zero-order chi connectivity index (χ0) is 19.9. The van der Waals surface area contributed by atoms with Gasteiger partial charge in [-0.3, -0.25) is 20.4 Å². The smallest absolute Gasteiger partial charge is 0.254 e. The predicted molar refractivity (Wildman–Crippen MR) is 107 cm³/mol. The summed E-state index contributed by atoms with van der Waals surface area (Å²) in [6.07, 6.45) is 3.53. The lowest BCUT2D eigenvalue weighted by Gasteiger charge is -2.26. The van der Waals surface area contributed by atoms with Crippen molar-refractivity contribution in [3.05, 3.63) is 29.8 Å². The van der Waals surface area contributed by atoms with Gasteiger partial charge in [0.2, 0.25) is 15.9 Å². The first-order valence-electron chi connectivity index (χ1n) is 9.00. The van der Waals surface area contributed by atoms with Crippen LogP contribution in [0.15, 0.2) is 29.2 Å². The minimum absolute atomic E-state index is 0.112. The van der Waals surface area contributed by atoms with Crippen molar-refractivity contribution in [1.82, 2.24) is 15.6 Å². The van der Waals surface area contributed by atoms with Crippen LogP contribution in [-0.4, -0.2) is 37.8 Å². The van der Waals surface area contributed by atoms with Gasteiger partial charge in [0.1, 0.15) is 5.75 Å². The number of rotatable bonds is 7. The monoisotopic (exact) mass is 413 g/mol. The topological polar surface area (TPSA) is 104 Å². The Balaban J connectivity index is 1.68. The third-order valence-electron chi connectivity index (χ3n) is 4.42. The molecule has 1 fully saturated rings. The van der Waals surface area contributed by atoms with Crippen LogP contribution < -0.4 is 15.6 Å². The van der Waals surface area contributed by atoms with Crippen LogP contribution in [0.1, 0.15) is 38.2 Å². The number of benzene rings is 1. The average Bonchev–Trinajstić information content (AvgIpc) is 2.61. The van der Waals surface area contributed by atoms with Crippen molar-refractivity contribution in [2.24, 2.45) is 5.92 Å². The molecule has 0 bridgehead atoms.